The molecule has 3 aromatic rings. The van der Waals surface area contributed by atoms with Crippen molar-refractivity contribution < 1.29 is 4.79 Å². The van der Waals surface area contributed by atoms with Crippen LogP contribution in [0, 0.1) is 0 Å². The highest BCUT2D eigenvalue weighted by Gasteiger charge is 2.31. The summed E-state index contributed by atoms with van der Waals surface area (Å²) >= 11 is 0. The molecule has 0 unspecified atom stereocenters. The summed E-state index contributed by atoms with van der Waals surface area (Å²) in [7, 11) is 0. The molecule has 5 rings (SSSR count). The van der Waals surface area contributed by atoms with Crippen LogP contribution in [0.15, 0.2) is 36.7 Å². The molecule has 2 N–H and O–H groups in total. The minimum Gasteiger partial charge on any atom is -0.334 e. The van der Waals surface area contributed by atoms with Crippen LogP contribution in [0.4, 0.5) is 0 Å². The SMILES string of the molecule is O=C(c1cccc(-c2cn[nH]c2)c1)N1CCc2[nH]nc(C3CCC3)c2C1. The Balaban J connectivity index is 1.40. The molecule has 2 aromatic heterocycles. The fourth-order valence-electron chi connectivity index (χ4n) is 3.93. The van der Waals surface area contributed by atoms with Crippen molar-refractivity contribution in [2.45, 2.75) is 38.1 Å². The smallest absolute Gasteiger partial charge is 0.254 e. The number of hydrogen-bond acceptors (Lipinski definition) is 3. The molecule has 0 radical (unpaired) electrons. The van der Waals surface area contributed by atoms with Crippen molar-refractivity contribution in [2.75, 3.05) is 6.54 Å². The molecule has 1 aromatic carbocycles. The van der Waals surface area contributed by atoms with E-state index in [4.69, 9.17) is 0 Å². The first-order chi connectivity index (χ1) is 12.8. The minimum atomic E-state index is 0.0850. The predicted octanol–water partition coefficient (Wildman–Crippen LogP) is 3.27. The predicted molar refractivity (Wildman–Crippen MR) is 97.6 cm³/mol. The Morgan fingerprint density at radius 2 is 2.15 bits per heavy atom. The lowest BCUT2D eigenvalue weighted by Crippen LogP contribution is -2.36. The zero-order valence-corrected chi connectivity index (χ0v) is 14.5. The van der Waals surface area contributed by atoms with Crippen molar-refractivity contribution in [3.63, 3.8) is 0 Å². The van der Waals surface area contributed by atoms with Crippen LogP contribution in [0.2, 0.25) is 0 Å². The van der Waals surface area contributed by atoms with E-state index in [0.717, 1.165) is 29.7 Å². The lowest BCUT2D eigenvalue weighted by atomic mass is 9.80. The van der Waals surface area contributed by atoms with Gasteiger partial charge in [0.2, 0.25) is 0 Å². The van der Waals surface area contributed by atoms with Crippen molar-refractivity contribution in [1.29, 1.82) is 0 Å². The minimum absolute atomic E-state index is 0.0850. The van der Waals surface area contributed by atoms with E-state index in [-0.39, 0.29) is 5.91 Å². The van der Waals surface area contributed by atoms with Gasteiger partial charge in [0.25, 0.3) is 5.91 Å². The van der Waals surface area contributed by atoms with Gasteiger partial charge in [-0.25, -0.2) is 0 Å². The Hall–Kier alpha value is -2.89. The molecule has 0 atom stereocenters. The van der Waals surface area contributed by atoms with Gasteiger partial charge in [-0.3, -0.25) is 15.0 Å². The monoisotopic (exact) mass is 347 g/mol. The normalized spacial score (nSPS) is 17.0. The van der Waals surface area contributed by atoms with Crippen LogP contribution < -0.4 is 0 Å². The summed E-state index contributed by atoms with van der Waals surface area (Å²) < 4.78 is 0. The second kappa shape index (κ2) is 6.12. The number of amides is 1. The van der Waals surface area contributed by atoms with E-state index in [2.05, 4.69) is 20.4 Å². The summed E-state index contributed by atoms with van der Waals surface area (Å²) in [4.78, 5) is 15.0. The highest BCUT2D eigenvalue weighted by atomic mass is 16.2. The third-order valence-corrected chi connectivity index (χ3v) is 5.69. The fourth-order valence-corrected chi connectivity index (χ4v) is 3.93. The number of aromatic nitrogens is 4. The van der Waals surface area contributed by atoms with Gasteiger partial charge >= 0.3 is 0 Å². The van der Waals surface area contributed by atoms with Crippen LogP contribution in [-0.4, -0.2) is 37.7 Å². The van der Waals surface area contributed by atoms with Gasteiger partial charge in [-0.2, -0.15) is 10.2 Å². The van der Waals surface area contributed by atoms with Gasteiger partial charge in [0.05, 0.1) is 11.9 Å². The Kier molecular flexibility index (Phi) is 3.62. The maximum atomic E-state index is 13.1. The lowest BCUT2D eigenvalue weighted by Gasteiger charge is -2.30. The van der Waals surface area contributed by atoms with Gasteiger partial charge in [0.1, 0.15) is 0 Å². The number of benzene rings is 1. The number of carbonyl (C=O) groups is 1. The molecule has 2 aliphatic rings. The van der Waals surface area contributed by atoms with Crippen LogP contribution in [-0.2, 0) is 13.0 Å². The first-order valence-corrected chi connectivity index (χ1v) is 9.24. The summed E-state index contributed by atoms with van der Waals surface area (Å²) in [6, 6.07) is 7.78. The fraction of sp³-hybridized carbons (Fsp3) is 0.350. The number of nitrogens with zero attached hydrogens (tertiary/aromatic N) is 3. The molecule has 132 valence electrons. The van der Waals surface area contributed by atoms with E-state index < -0.39 is 0 Å². The number of H-pyrrole nitrogens is 2. The summed E-state index contributed by atoms with van der Waals surface area (Å²) in [5.74, 6) is 0.663. The van der Waals surface area contributed by atoms with Crippen molar-refractivity contribution >= 4 is 5.91 Å². The van der Waals surface area contributed by atoms with Crippen molar-refractivity contribution in [3.8, 4) is 11.1 Å². The van der Waals surface area contributed by atoms with E-state index in [1.807, 2.05) is 35.4 Å². The highest BCUT2D eigenvalue weighted by Crippen LogP contribution is 2.39. The molecular weight excluding hydrogens is 326 g/mol. The molecule has 1 saturated carbocycles. The quantitative estimate of drug-likeness (QED) is 0.763. The number of carbonyl (C=O) groups excluding carboxylic acids is 1. The molecular formula is C20H21N5O. The molecule has 0 saturated heterocycles. The Morgan fingerprint density at radius 3 is 2.92 bits per heavy atom. The van der Waals surface area contributed by atoms with Crippen molar-refractivity contribution in [2.24, 2.45) is 0 Å². The van der Waals surface area contributed by atoms with Gasteiger partial charge in [-0.1, -0.05) is 18.6 Å². The maximum absolute atomic E-state index is 13.1. The zero-order valence-electron chi connectivity index (χ0n) is 14.5. The Morgan fingerprint density at radius 1 is 1.23 bits per heavy atom. The molecule has 1 aliphatic heterocycles. The molecule has 1 amide bonds. The van der Waals surface area contributed by atoms with E-state index in [1.54, 1.807) is 6.20 Å². The summed E-state index contributed by atoms with van der Waals surface area (Å²) in [6.45, 7) is 1.39. The van der Waals surface area contributed by atoms with Gasteiger partial charge in [-0.05, 0) is 30.5 Å². The maximum Gasteiger partial charge on any atom is 0.254 e. The molecule has 1 fully saturated rings. The topological polar surface area (TPSA) is 77.7 Å². The first-order valence-electron chi connectivity index (χ1n) is 9.24. The van der Waals surface area contributed by atoms with Crippen LogP contribution in [0.5, 0.6) is 0 Å². The zero-order chi connectivity index (χ0) is 17.5. The number of fused-ring (bicyclic) bond motifs is 1. The van der Waals surface area contributed by atoms with Crippen molar-refractivity contribution in [3.05, 3.63) is 59.2 Å². The van der Waals surface area contributed by atoms with Gasteiger partial charge in [-0.15, -0.1) is 0 Å². The molecule has 0 spiro atoms. The van der Waals surface area contributed by atoms with E-state index in [0.29, 0.717) is 12.5 Å². The third kappa shape index (κ3) is 2.53. The van der Waals surface area contributed by atoms with Crippen LogP contribution in [0.3, 0.4) is 0 Å². The van der Waals surface area contributed by atoms with Crippen LogP contribution in [0.1, 0.15) is 52.5 Å². The van der Waals surface area contributed by atoms with Gasteiger partial charge in [0.15, 0.2) is 0 Å². The molecule has 3 heterocycles. The van der Waals surface area contributed by atoms with Gasteiger partial charge in [0, 0.05) is 54.0 Å². The second-order valence-corrected chi connectivity index (χ2v) is 7.24. The Bertz CT molecular complexity index is 939. The number of hydrogen-bond donors (Lipinski definition) is 2. The third-order valence-electron chi connectivity index (χ3n) is 5.69. The molecule has 6 heteroatoms. The molecule has 0 bridgehead atoms. The lowest BCUT2D eigenvalue weighted by molar-refractivity contribution is 0.0733. The molecule has 26 heavy (non-hydrogen) atoms. The number of nitrogens with one attached hydrogen (secondary N) is 2. The highest BCUT2D eigenvalue weighted by molar-refractivity contribution is 5.95. The van der Waals surface area contributed by atoms with Crippen LogP contribution in [0.25, 0.3) is 11.1 Å². The number of rotatable bonds is 3. The Labute approximate surface area is 151 Å². The van der Waals surface area contributed by atoms with E-state index in [9.17, 15) is 4.79 Å². The summed E-state index contributed by atoms with van der Waals surface area (Å²) in [6.07, 6.45) is 8.19. The van der Waals surface area contributed by atoms with Crippen LogP contribution >= 0.6 is 0 Å². The van der Waals surface area contributed by atoms with Crippen molar-refractivity contribution in [1.82, 2.24) is 25.3 Å². The van der Waals surface area contributed by atoms with E-state index in [1.165, 1.54) is 36.2 Å². The first kappa shape index (κ1) is 15.4. The average molecular weight is 347 g/mol. The van der Waals surface area contributed by atoms with E-state index >= 15 is 0 Å². The molecule has 1 aliphatic carbocycles. The average Bonchev–Trinajstić information content (AvgIpc) is 3.30. The second-order valence-electron chi connectivity index (χ2n) is 7.24. The largest absolute Gasteiger partial charge is 0.334 e. The van der Waals surface area contributed by atoms with Gasteiger partial charge < -0.3 is 4.90 Å². The summed E-state index contributed by atoms with van der Waals surface area (Å²) in [5, 5.41) is 14.6. The number of aromatic amines is 2. The standard InChI is InChI=1S/C20H21N5O/c26-20(15-6-2-5-14(9-15)16-10-21-22-11-16)25-8-7-18-17(12-25)19(24-23-18)13-3-1-4-13/h2,5-6,9-11,13H,1,3-4,7-8,12H2,(H,21,22)(H,23,24). The molecule has 6 nitrogen and oxygen atoms in total. The summed E-state index contributed by atoms with van der Waals surface area (Å²) in [5.41, 5.74) is 6.36.